The van der Waals surface area contributed by atoms with Gasteiger partial charge in [0.25, 0.3) is 0 Å². The first-order valence-corrected chi connectivity index (χ1v) is 14.2. The van der Waals surface area contributed by atoms with Crippen LogP contribution in [0.25, 0.3) is 6.08 Å². The van der Waals surface area contributed by atoms with Gasteiger partial charge in [0, 0.05) is 24.9 Å². The zero-order valence-corrected chi connectivity index (χ0v) is 23.3. The molecule has 198 valence electrons. The highest BCUT2D eigenvalue weighted by molar-refractivity contribution is 5.59. The number of hydrogen-bond acceptors (Lipinski definition) is 4. The van der Waals surface area contributed by atoms with Crippen molar-refractivity contribution in [1.82, 2.24) is 0 Å². The average molecular weight is 500 g/mol. The Morgan fingerprint density at radius 3 is 1.86 bits per heavy atom. The summed E-state index contributed by atoms with van der Waals surface area (Å²) in [6.45, 7) is 5.17. The van der Waals surface area contributed by atoms with Crippen LogP contribution in [0.5, 0.6) is 0 Å². The predicted molar refractivity (Wildman–Crippen MR) is 156 cm³/mol. The van der Waals surface area contributed by atoms with Crippen molar-refractivity contribution in [2.24, 2.45) is 0 Å². The summed E-state index contributed by atoms with van der Waals surface area (Å²) in [5.74, 6) is 1.27. The van der Waals surface area contributed by atoms with Crippen LogP contribution in [0.2, 0.25) is 0 Å². The molecular weight excluding hydrogens is 454 g/mol. The van der Waals surface area contributed by atoms with Crippen molar-refractivity contribution in [3.8, 4) is 12.1 Å². The van der Waals surface area contributed by atoms with E-state index in [1.54, 1.807) is 12.2 Å². The first-order valence-electron chi connectivity index (χ1n) is 14.2. The Hall–Kier alpha value is -3.24. The molecule has 2 rings (SSSR count). The normalized spacial score (nSPS) is 12.9. The summed E-state index contributed by atoms with van der Waals surface area (Å²) in [7, 11) is 2.16. The molecule has 1 heterocycles. The monoisotopic (exact) mass is 499 g/mol. The molecule has 0 amide bonds. The topological polar surface area (TPSA) is 60.0 Å². The van der Waals surface area contributed by atoms with Gasteiger partial charge < -0.3 is 9.64 Å². The van der Waals surface area contributed by atoms with Gasteiger partial charge >= 0.3 is 0 Å². The molecule has 37 heavy (non-hydrogen) atoms. The van der Waals surface area contributed by atoms with Gasteiger partial charge in [0.15, 0.2) is 0 Å². The van der Waals surface area contributed by atoms with E-state index in [9.17, 15) is 0 Å². The minimum absolute atomic E-state index is 0.0874. The third kappa shape index (κ3) is 12.0. The lowest BCUT2D eigenvalue weighted by molar-refractivity contribution is 0.318. The number of hydrogen-bond donors (Lipinski definition) is 0. The second-order valence-corrected chi connectivity index (χ2v) is 10.0. The van der Waals surface area contributed by atoms with Gasteiger partial charge in [-0.05, 0) is 49.3 Å². The van der Waals surface area contributed by atoms with Crippen LogP contribution in [0.1, 0.15) is 103 Å². The molecule has 0 bridgehead atoms. The van der Waals surface area contributed by atoms with E-state index in [-0.39, 0.29) is 5.57 Å². The maximum atomic E-state index is 9.13. The van der Waals surface area contributed by atoms with Crippen LogP contribution in [0.4, 0.5) is 5.69 Å². The molecule has 1 aromatic carbocycles. The Morgan fingerprint density at radius 1 is 0.784 bits per heavy atom. The number of anilines is 1. The Labute approximate surface area is 225 Å². The molecule has 0 radical (unpaired) electrons. The summed E-state index contributed by atoms with van der Waals surface area (Å²) in [5, 5.41) is 18.3. The van der Waals surface area contributed by atoms with Crippen molar-refractivity contribution in [3.05, 3.63) is 70.7 Å². The van der Waals surface area contributed by atoms with Gasteiger partial charge in [-0.15, -0.1) is 0 Å². The zero-order valence-electron chi connectivity index (χ0n) is 23.3. The Morgan fingerprint density at radius 2 is 1.32 bits per heavy atom. The largest absolute Gasteiger partial charge is 0.462 e. The molecule has 0 fully saturated rings. The first kappa shape index (κ1) is 30.0. The van der Waals surface area contributed by atoms with Crippen LogP contribution in [-0.4, -0.2) is 13.6 Å². The molecule has 0 N–H and O–H groups in total. The van der Waals surface area contributed by atoms with E-state index in [1.165, 1.54) is 89.2 Å². The fraction of sp³-hybridized carbons (Fsp3) is 0.515. The number of unbranched alkanes of at least 4 members (excludes halogenated alkanes) is 12. The van der Waals surface area contributed by atoms with Crippen LogP contribution in [0, 0.1) is 22.7 Å². The molecule has 4 nitrogen and oxygen atoms in total. The molecule has 0 aliphatic carbocycles. The Balaban J connectivity index is 1.65. The third-order valence-electron chi connectivity index (χ3n) is 6.82. The van der Waals surface area contributed by atoms with Gasteiger partial charge in [0.1, 0.15) is 29.2 Å². The standard InChI is InChI=1S/C33H45N3O/c1-4-5-6-7-8-9-10-11-12-13-14-15-16-23-36(3)32-20-17-29(18-21-32)19-22-33-25-30(24-28(2)37-33)31(26-34)27-35/h17-22,24-25H,4-16,23H2,1-3H3/b22-19+. The van der Waals surface area contributed by atoms with Crippen LogP contribution < -0.4 is 4.90 Å². The Bertz CT molecular complexity index is 999. The van der Waals surface area contributed by atoms with E-state index in [0.717, 1.165) is 12.1 Å². The number of allylic oxidation sites excluding steroid dienone is 6. The van der Waals surface area contributed by atoms with Crippen molar-refractivity contribution < 1.29 is 4.74 Å². The lowest BCUT2D eigenvalue weighted by atomic mass is 10.0. The van der Waals surface area contributed by atoms with Gasteiger partial charge in [0.05, 0.1) is 0 Å². The molecule has 0 saturated heterocycles. The fourth-order valence-corrected chi connectivity index (χ4v) is 4.55. The van der Waals surface area contributed by atoms with Gasteiger partial charge in [-0.3, -0.25) is 0 Å². The van der Waals surface area contributed by atoms with Crippen molar-refractivity contribution in [1.29, 1.82) is 10.5 Å². The van der Waals surface area contributed by atoms with Crippen molar-refractivity contribution >= 4 is 11.8 Å². The van der Waals surface area contributed by atoms with Crippen molar-refractivity contribution in [2.75, 3.05) is 18.5 Å². The minimum atomic E-state index is 0.0874. The molecule has 0 aromatic heterocycles. The van der Waals surface area contributed by atoms with E-state index < -0.39 is 0 Å². The van der Waals surface area contributed by atoms with Crippen LogP contribution in [0.3, 0.4) is 0 Å². The predicted octanol–water partition coefficient (Wildman–Crippen LogP) is 9.39. The quantitative estimate of drug-likeness (QED) is 0.158. The minimum Gasteiger partial charge on any atom is -0.462 e. The van der Waals surface area contributed by atoms with E-state index in [1.807, 2.05) is 31.2 Å². The number of ether oxygens (including phenoxy) is 1. The van der Waals surface area contributed by atoms with Crippen LogP contribution in [-0.2, 0) is 4.74 Å². The smallest absolute Gasteiger partial charge is 0.137 e. The molecule has 0 unspecified atom stereocenters. The molecule has 0 atom stereocenters. The summed E-state index contributed by atoms with van der Waals surface area (Å²) in [6, 6.07) is 12.4. The molecule has 1 aromatic rings. The van der Waals surface area contributed by atoms with Gasteiger partial charge in [-0.1, -0.05) is 102 Å². The van der Waals surface area contributed by atoms with E-state index in [4.69, 9.17) is 15.3 Å². The molecule has 1 aliphatic heterocycles. The summed E-state index contributed by atoms with van der Waals surface area (Å²) in [6.07, 6.45) is 25.2. The lowest BCUT2D eigenvalue weighted by Gasteiger charge is -2.19. The summed E-state index contributed by atoms with van der Waals surface area (Å²) >= 11 is 0. The van der Waals surface area contributed by atoms with E-state index >= 15 is 0 Å². The molecule has 4 heteroatoms. The average Bonchev–Trinajstić information content (AvgIpc) is 2.91. The Kier molecular flexibility index (Phi) is 14.6. The molecule has 1 aliphatic rings. The molecule has 0 saturated carbocycles. The van der Waals surface area contributed by atoms with E-state index in [0.29, 0.717) is 17.1 Å². The SMILES string of the molecule is CCCCCCCCCCCCCCCN(C)c1ccc(/C=C/C2=CC(=C(C#N)C#N)C=C(C)O2)cc1. The maximum Gasteiger partial charge on any atom is 0.137 e. The summed E-state index contributed by atoms with van der Waals surface area (Å²) in [5.41, 5.74) is 2.96. The van der Waals surface area contributed by atoms with Gasteiger partial charge in [-0.25, -0.2) is 0 Å². The number of rotatable bonds is 17. The highest BCUT2D eigenvalue weighted by atomic mass is 16.5. The number of nitriles is 2. The zero-order chi connectivity index (χ0) is 26.7. The van der Waals surface area contributed by atoms with Gasteiger partial charge in [-0.2, -0.15) is 10.5 Å². The highest BCUT2D eigenvalue weighted by Crippen LogP contribution is 2.23. The van der Waals surface area contributed by atoms with Crippen LogP contribution in [0.15, 0.2) is 65.2 Å². The lowest BCUT2D eigenvalue weighted by Crippen LogP contribution is -2.18. The molecular formula is C33H45N3O. The first-order chi connectivity index (χ1) is 18.1. The fourth-order valence-electron chi connectivity index (χ4n) is 4.55. The summed E-state index contributed by atoms with van der Waals surface area (Å²) in [4.78, 5) is 2.33. The second kappa shape index (κ2) is 18.1. The van der Waals surface area contributed by atoms with Crippen molar-refractivity contribution in [3.63, 3.8) is 0 Å². The van der Waals surface area contributed by atoms with Crippen molar-refractivity contribution in [2.45, 2.75) is 97.3 Å². The van der Waals surface area contributed by atoms with Crippen LogP contribution >= 0.6 is 0 Å². The number of benzene rings is 1. The maximum absolute atomic E-state index is 9.13. The molecule has 0 spiro atoms. The highest BCUT2D eigenvalue weighted by Gasteiger charge is 2.10. The second-order valence-electron chi connectivity index (χ2n) is 10.0. The third-order valence-corrected chi connectivity index (χ3v) is 6.82. The summed E-state index contributed by atoms with van der Waals surface area (Å²) < 4.78 is 5.73. The van der Waals surface area contributed by atoms with Gasteiger partial charge in [0.2, 0.25) is 0 Å². The van der Waals surface area contributed by atoms with E-state index in [2.05, 4.69) is 43.1 Å². The number of nitrogens with zero attached hydrogens (tertiary/aromatic N) is 3.